The maximum Gasteiger partial charge on any atom is 0.277 e. The zero-order chi connectivity index (χ0) is 18.8. The van der Waals surface area contributed by atoms with Gasteiger partial charge in [-0.15, -0.1) is 0 Å². The van der Waals surface area contributed by atoms with Gasteiger partial charge in [-0.05, 0) is 42.0 Å². The summed E-state index contributed by atoms with van der Waals surface area (Å²) >= 11 is 6.16. The Bertz CT molecular complexity index is 918. The van der Waals surface area contributed by atoms with Crippen molar-refractivity contribution in [2.24, 2.45) is 0 Å². The Morgan fingerprint density at radius 2 is 1.62 bits per heavy atom. The second-order valence-corrected chi connectivity index (χ2v) is 5.97. The van der Waals surface area contributed by atoms with Gasteiger partial charge < -0.3 is 10.1 Å². The molecule has 0 unspecified atom stereocenters. The molecule has 0 bridgehead atoms. The highest BCUT2D eigenvalue weighted by Crippen LogP contribution is 2.35. The third-order valence-corrected chi connectivity index (χ3v) is 4.20. The van der Waals surface area contributed by atoms with E-state index in [2.05, 4.69) is 5.32 Å². The molecule has 0 fully saturated rings. The minimum atomic E-state index is -0.588. The Hall–Kier alpha value is -3.12. The summed E-state index contributed by atoms with van der Waals surface area (Å²) in [5, 5.41) is 2.49. The number of carbonyl (C=O) groups excluding carboxylic acids is 3. The number of halogens is 1. The van der Waals surface area contributed by atoms with Crippen LogP contribution in [0.1, 0.15) is 12.5 Å². The van der Waals surface area contributed by atoms with Crippen LogP contribution in [0.5, 0.6) is 5.75 Å². The molecule has 3 rings (SSSR count). The van der Waals surface area contributed by atoms with Gasteiger partial charge in [0, 0.05) is 12.6 Å². The van der Waals surface area contributed by atoms with Crippen LogP contribution in [0.25, 0.3) is 5.57 Å². The summed E-state index contributed by atoms with van der Waals surface area (Å²) in [6, 6.07) is 13.1. The third-order valence-electron chi connectivity index (χ3n) is 3.85. The predicted molar refractivity (Wildman–Crippen MR) is 99.0 cm³/mol. The minimum Gasteiger partial charge on any atom is -0.497 e. The predicted octanol–water partition coefficient (Wildman–Crippen LogP) is 3.18. The number of anilines is 2. The van der Waals surface area contributed by atoms with E-state index in [0.717, 1.165) is 4.90 Å². The van der Waals surface area contributed by atoms with E-state index in [0.29, 0.717) is 22.7 Å². The lowest BCUT2D eigenvalue weighted by atomic mass is 10.1. The van der Waals surface area contributed by atoms with Crippen molar-refractivity contribution >= 4 is 46.3 Å². The van der Waals surface area contributed by atoms with Gasteiger partial charge in [0.15, 0.2) is 0 Å². The van der Waals surface area contributed by atoms with E-state index in [1.807, 2.05) is 0 Å². The summed E-state index contributed by atoms with van der Waals surface area (Å²) in [5.41, 5.74) is 1.61. The fraction of sp³-hybridized carbons (Fsp3) is 0.105. The normalized spacial score (nSPS) is 14.0. The van der Waals surface area contributed by atoms with Gasteiger partial charge in [-0.2, -0.15) is 0 Å². The van der Waals surface area contributed by atoms with Crippen LogP contribution in [0, 0.1) is 0 Å². The molecule has 0 saturated carbocycles. The van der Waals surface area contributed by atoms with Gasteiger partial charge in [0.05, 0.1) is 18.4 Å². The molecule has 1 heterocycles. The van der Waals surface area contributed by atoms with Crippen molar-refractivity contribution < 1.29 is 19.1 Å². The van der Waals surface area contributed by atoms with Crippen LogP contribution < -0.4 is 15.0 Å². The second-order valence-electron chi connectivity index (χ2n) is 5.59. The van der Waals surface area contributed by atoms with Crippen molar-refractivity contribution in [3.63, 3.8) is 0 Å². The van der Waals surface area contributed by atoms with Crippen LogP contribution in [0.15, 0.2) is 53.6 Å². The summed E-state index contributed by atoms with van der Waals surface area (Å²) in [6.07, 6.45) is 0. The maximum absolute atomic E-state index is 12.8. The van der Waals surface area contributed by atoms with E-state index in [1.54, 1.807) is 48.5 Å². The summed E-state index contributed by atoms with van der Waals surface area (Å²) in [7, 11) is 1.54. The van der Waals surface area contributed by atoms with Gasteiger partial charge >= 0.3 is 0 Å². The van der Waals surface area contributed by atoms with Crippen molar-refractivity contribution in [1.82, 2.24) is 0 Å². The van der Waals surface area contributed by atoms with Crippen LogP contribution >= 0.6 is 11.6 Å². The molecular formula is C19H15ClN2O4. The van der Waals surface area contributed by atoms with Crippen molar-refractivity contribution in [3.8, 4) is 5.75 Å². The van der Waals surface area contributed by atoms with Gasteiger partial charge in [-0.25, -0.2) is 4.90 Å². The number of nitrogens with zero attached hydrogens (tertiary/aromatic N) is 1. The lowest BCUT2D eigenvalue weighted by molar-refractivity contribution is -0.120. The number of imide groups is 1. The number of benzene rings is 2. The molecule has 0 saturated heterocycles. The van der Waals surface area contributed by atoms with Gasteiger partial charge in [0.2, 0.25) is 5.91 Å². The summed E-state index contributed by atoms with van der Waals surface area (Å²) in [4.78, 5) is 37.4. The average Bonchev–Trinajstić information content (AvgIpc) is 2.85. The van der Waals surface area contributed by atoms with Gasteiger partial charge in [-0.1, -0.05) is 23.7 Å². The number of nitrogens with one attached hydrogen (secondary N) is 1. The summed E-state index contributed by atoms with van der Waals surface area (Å²) in [5.74, 6) is -0.669. The molecule has 132 valence electrons. The van der Waals surface area contributed by atoms with Gasteiger partial charge in [0.1, 0.15) is 10.8 Å². The molecule has 0 aromatic heterocycles. The highest BCUT2D eigenvalue weighted by atomic mass is 35.5. The second kappa shape index (κ2) is 7.01. The van der Waals surface area contributed by atoms with Gasteiger partial charge in [-0.3, -0.25) is 14.4 Å². The molecule has 3 amide bonds. The molecule has 2 aromatic rings. The van der Waals surface area contributed by atoms with Crippen molar-refractivity contribution in [2.45, 2.75) is 6.92 Å². The monoisotopic (exact) mass is 370 g/mol. The summed E-state index contributed by atoms with van der Waals surface area (Å²) < 4.78 is 5.09. The van der Waals surface area contributed by atoms with E-state index >= 15 is 0 Å². The first-order valence-corrected chi connectivity index (χ1v) is 8.11. The molecule has 1 aliphatic heterocycles. The van der Waals surface area contributed by atoms with Crippen molar-refractivity contribution in [3.05, 3.63) is 59.1 Å². The van der Waals surface area contributed by atoms with E-state index in [9.17, 15) is 14.4 Å². The average molecular weight is 371 g/mol. The quantitative estimate of drug-likeness (QED) is 0.839. The zero-order valence-electron chi connectivity index (χ0n) is 14.1. The molecule has 7 heteroatoms. The number of ether oxygens (including phenoxy) is 1. The van der Waals surface area contributed by atoms with Crippen LogP contribution in [0.3, 0.4) is 0 Å². The number of carbonyl (C=O) groups is 3. The highest BCUT2D eigenvalue weighted by Gasteiger charge is 2.39. The van der Waals surface area contributed by atoms with Crippen LogP contribution in [0.2, 0.25) is 0 Å². The first-order chi connectivity index (χ1) is 12.4. The Kier molecular flexibility index (Phi) is 4.77. The fourth-order valence-corrected chi connectivity index (χ4v) is 2.92. The lowest BCUT2D eigenvalue weighted by Gasteiger charge is -2.15. The van der Waals surface area contributed by atoms with Crippen molar-refractivity contribution in [2.75, 3.05) is 17.3 Å². The SMILES string of the molecule is COc1ccc(C2=C(Cl)C(=O)N(c3ccc(NC(C)=O)cc3)C2=O)cc1. The largest absolute Gasteiger partial charge is 0.497 e. The Morgan fingerprint density at radius 3 is 2.15 bits per heavy atom. The molecule has 2 aromatic carbocycles. The van der Waals surface area contributed by atoms with Gasteiger partial charge in [0.25, 0.3) is 11.8 Å². The number of methoxy groups -OCH3 is 1. The molecule has 1 aliphatic rings. The fourth-order valence-electron chi connectivity index (χ4n) is 2.64. The minimum absolute atomic E-state index is 0.133. The molecule has 6 nitrogen and oxygen atoms in total. The van der Waals surface area contributed by atoms with Crippen molar-refractivity contribution in [1.29, 1.82) is 0 Å². The molecule has 1 N–H and O–H groups in total. The Labute approximate surface area is 155 Å². The smallest absolute Gasteiger partial charge is 0.277 e. The first-order valence-electron chi connectivity index (χ1n) is 7.73. The molecule has 0 spiro atoms. The number of rotatable bonds is 4. The molecule has 26 heavy (non-hydrogen) atoms. The van der Waals surface area contributed by atoms with E-state index in [-0.39, 0.29) is 16.5 Å². The topological polar surface area (TPSA) is 75.7 Å². The lowest BCUT2D eigenvalue weighted by Crippen LogP contribution is -2.31. The number of hydrogen-bond donors (Lipinski definition) is 1. The first kappa shape index (κ1) is 17.7. The molecule has 0 radical (unpaired) electrons. The Balaban J connectivity index is 1.91. The van der Waals surface area contributed by atoms with Crippen LogP contribution in [-0.2, 0) is 14.4 Å². The standard InChI is InChI=1S/C19H15ClN2O4/c1-11(23)21-13-5-7-14(8-6-13)22-18(24)16(17(20)19(22)25)12-3-9-15(26-2)10-4-12/h3-10H,1-2H3,(H,21,23). The van der Waals surface area contributed by atoms with E-state index < -0.39 is 11.8 Å². The highest BCUT2D eigenvalue weighted by molar-refractivity contribution is 6.60. The van der Waals surface area contributed by atoms with Crippen LogP contribution in [-0.4, -0.2) is 24.8 Å². The van der Waals surface area contributed by atoms with Crippen LogP contribution in [0.4, 0.5) is 11.4 Å². The number of hydrogen-bond acceptors (Lipinski definition) is 4. The molecule has 0 atom stereocenters. The molecule has 0 aliphatic carbocycles. The number of amides is 3. The third kappa shape index (κ3) is 3.19. The maximum atomic E-state index is 12.8. The Morgan fingerprint density at radius 1 is 1.00 bits per heavy atom. The van der Waals surface area contributed by atoms with E-state index in [4.69, 9.17) is 16.3 Å². The zero-order valence-corrected chi connectivity index (χ0v) is 14.8. The van der Waals surface area contributed by atoms with E-state index in [1.165, 1.54) is 14.0 Å². The summed E-state index contributed by atoms with van der Waals surface area (Å²) in [6.45, 7) is 1.40. The molecular weight excluding hydrogens is 356 g/mol.